The number of anilines is 1. The van der Waals surface area contributed by atoms with Gasteiger partial charge in [0.1, 0.15) is 11.8 Å². The lowest BCUT2D eigenvalue weighted by Crippen LogP contribution is -2.42. The number of hydrogen-bond donors (Lipinski definition) is 3. The van der Waals surface area contributed by atoms with E-state index in [9.17, 15) is 24.3 Å². The van der Waals surface area contributed by atoms with E-state index in [4.69, 9.17) is 14.2 Å². The lowest BCUT2D eigenvalue weighted by molar-refractivity contribution is -0.139. The Morgan fingerprint density at radius 2 is 1.62 bits per heavy atom. The largest absolute Gasteiger partial charge is 0.494 e. The molecule has 11 heteroatoms. The van der Waals surface area contributed by atoms with Crippen molar-refractivity contribution in [1.82, 2.24) is 5.32 Å². The number of aliphatic carboxylic acids is 1. The minimum absolute atomic E-state index is 0.0696. The van der Waals surface area contributed by atoms with Crippen LogP contribution in [0.3, 0.4) is 0 Å². The lowest BCUT2D eigenvalue weighted by atomic mass is 10.0. The van der Waals surface area contributed by atoms with Crippen molar-refractivity contribution >= 4 is 40.8 Å². The molecule has 3 aromatic carbocycles. The summed E-state index contributed by atoms with van der Waals surface area (Å²) in [4.78, 5) is 51.1. The molecule has 0 saturated heterocycles. The fourth-order valence-electron chi connectivity index (χ4n) is 4.82. The second-order valence-electron chi connectivity index (χ2n) is 11.3. The van der Waals surface area contributed by atoms with Crippen molar-refractivity contribution in [2.75, 3.05) is 19.0 Å². The molecule has 0 fully saturated rings. The second-order valence-corrected chi connectivity index (χ2v) is 12.2. The molecule has 2 amide bonds. The fourth-order valence-corrected chi connectivity index (χ4v) is 5.62. The number of methoxy groups -OCH3 is 1. The lowest BCUT2D eigenvalue weighted by Gasteiger charge is -2.16. The van der Waals surface area contributed by atoms with Gasteiger partial charge in [-0.2, -0.15) is 0 Å². The number of hydrogen-bond acceptors (Lipinski definition) is 8. The van der Waals surface area contributed by atoms with Crippen molar-refractivity contribution in [2.45, 2.75) is 58.4 Å². The monoisotopic (exact) mass is 672 g/mol. The van der Waals surface area contributed by atoms with Crippen LogP contribution >= 0.6 is 11.3 Å². The molecule has 4 aromatic rings. The molecule has 0 aliphatic rings. The van der Waals surface area contributed by atoms with Gasteiger partial charge in [-0.15, -0.1) is 11.3 Å². The first-order chi connectivity index (χ1) is 23.2. The second kappa shape index (κ2) is 17.7. The maximum absolute atomic E-state index is 13.0. The molecule has 1 aromatic heterocycles. The van der Waals surface area contributed by atoms with Gasteiger partial charge in [-0.1, -0.05) is 44.7 Å². The molecule has 0 bridgehead atoms. The Kier molecular flexibility index (Phi) is 13.1. The molecule has 0 aliphatic heterocycles. The summed E-state index contributed by atoms with van der Waals surface area (Å²) >= 11 is 1.32. The zero-order chi connectivity index (χ0) is 34.5. The fraction of sp³-hybridized carbons (Fsp3) is 0.297. The normalized spacial score (nSPS) is 11.3. The summed E-state index contributed by atoms with van der Waals surface area (Å²) in [5.41, 5.74) is 2.42. The number of ether oxygens (including phenoxy) is 3. The molecule has 0 aliphatic carbocycles. The van der Waals surface area contributed by atoms with E-state index in [-0.39, 0.29) is 29.4 Å². The number of carbonyl (C=O) groups excluding carboxylic acids is 3. The summed E-state index contributed by atoms with van der Waals surface area (Å²) in [5.74, 6) is -1.69. The molecule has 252 valence electrons. The number of rotatable bonds is 17. The Balaban J connectivity index is 1.34. The number of benzene rings is 3. The van der Waals surface area contributed by atoms with Crippen molar-refractivity contribution in [2.24, 2.45) is 0 Å². The van der Waals surface area contributed by atoms with Gasteiger partial charge < -0.3 is 30.0 Å². The van der Waals surface area contributed by atoms with Crippen LogP contribution in [0.2, 0.25) is 0 Å². The summed E-state index contributed by atoms with van der Waals surface area (Å²) in [6.07, 6.45) is 5.64. The Labute approximate surface area is 284 Å². The summed E-state index contributed by atoms with van der Waals surface area (Å²) < 4.78 is 16.8. The topological polar surface area (TPSA) is 140 Å². The molecule has 1 atom stereocenters. The van der Waals surface area contributed by atoms with E-state index < -0.39 is 23.9 Å². The summed E-state index contributed by atoms with van der Waals surface area (Å²) in [7, 11) is 1.41. The average molecular weight is 673 g/mol. The zero-order valence-corrected chi connectivity index (χ0v) is 28.1. The number of carbonyl (C=O) groups is 4. The highest BCUT2D eigenvalue weighted by Crippen LogP contribution is 2.30. The first-order valence-corrected chi connectivity index (χ1v) is 16.7. The van der Waals surface area contributed by atoms with Crippen LogP contribution in [0.25, 0.3) is 0 Å². The van der Waals surface area contributed by atoms with Gasteiger partial charge in [0.2, 0.25) is 0 Å². The van der Waals surface area contributed by atoms with E-state index in [1.807, 2.05) is 12.3 Å². The van der Waals surface area contributed by atoms with Crippen molar-refractivity contribution in [3.63, 3.8) is 0 Å². The van der Waals surface area contributed by atoms with Crippen LogP contribution in [0.4, 0.5) is 5.69 Å². The van der Waals surface area contributed by atoms with Gasteiger partial charge in [-0.3, -0.25) is 9.59 Å². The molecule has 1 unspecified atom stereocenters. The minimum atomic E-state index is -1.28. The third kappa shape index (κ3) is 10.4. The van der Waals surface area contributed by atoms with Crippen LogP contribution in [0.5, 0.6) is 17.2 Å². The number of carboxylic acid groups (broad SMARTS) is 1. The summed E-state index contributed by atoms with van der Waals surface area (Å²) in [6.45, 7) is 4.69. The SMILES string of the molecule is CCCCCCCOc1ccc(C(=O)Oc2ccc(CC(NC(=O)c3cccc(NC(=O)c4cc(C)cs4)c3)C(=O)O)cc2OC)cc1. The summed E-state index contributed by atoms with van der Waals surface area (Å²) in [6, 6.07) is 18.1. The first-order valence-electron chi connectivity index (χ1n) is 15.8. The van der Waals surface area contributed by atoms with Crippen LogP contribution in [0.15, 0.2) is 78.2 Å². The standard InChI is InChI=1S/C37H40N2O8S/c1-4-5-6-7-8-18-46-29-15-13-26(14-16-29)37(44)47-31-17-12-25(21-32(31)45-3)20-30(36(42)43)39-34(40)27-10-9-11-28(22-27)38-35(41)33-19-24(2)23-48-33/h9-17,19,21-23,30H,4-8,18,20H2,1-3H3,(H,38,41)(H,39,40)(H,42,43). The van der Waals surface area contributed by atoms with Gasteiger partial charge in [0.05, 0.1) is 24.2 Å². The Morgan fingerprint density at radius 3 is 2.31 bits per heavy atom. The Morgan fingerprint density at radius 1 is 0.854 bits per heavy atom. The number of amides is 2. The molecule has 0 spiro atoms. The van der Waals surface area contributed by atoms with Crippen molar-refractivity contribution in [3.8, 4) is 17.2 Å². The predicted octanol–water partition coefficient (Wildman–Crippen LogP) is 7.31. The number of unbranched alkanes of at least 4 members (excludes halogenated alkanes) is 4. The van der Waals surface area contributed by atoms with Gasteiger partial charge in [-0.05, 0) is 90.5 Å². The van der Waals surface area contributed by atoms with E-state index in [1.54, 1.807) is 54.6 Å². The highest BCUT2D eigenvalue weighted by atomic mass is 32.1. The predicted molar refractivity (Wildman–Crippen MR) is 185 cm³/mol. The number of aryl methyl sites for hydroxylation is 1. The molecule has 1 heterocycles. The third-order valence-corrected chi connectivity index (χ3v) is 8.46. The van der Waals surface area contributed by atoms with Crippen molar-refractivity contribution in [3.05, 3.63) is 105 Å². The molecule has 0 saturated carbocycles. The molecule has 0 radical (unpaired) electrons. The molecular formula is C37H40N2O8S. The molecule has 10 nitrogen and oxygen atoms in total. The maximum atomic E-state index is 13.0. The smallest absolute Gasteiger partial charge is 0.343 e. The highest BCUT2D eigenvalue weighted by molar-refractivity contribution is 7.12. The van der Waals surface area contributed by atoms with Crippen molar-refractivity contribution < 1.29 is 38.5 Å². The maximum Gasteiger partial charge on any atom is 0.343 e. The molecule has 48 heavy (non-hydrogen) atoms. The van der Waals surface area contributed by atoms with Crippen LogP contribution in [0, 0.1) is 6.92 Å². The van der Waals surface area contributed by atoms with Gasteiger partial charge in [0, 0.05) is 17.7 Å². The molecule has 3 N–H and O–H groups in total. The van der Waals surface area contributed by atoms with Crippen molar-refractivity contribution in [1.29, 1.82) is 0 Å². The third-order valence-electron chi connectivity index (χ3n) is 7.42. The molecule has 4 rings (SSSR count). The van der Waals surface area contributed by atoms with Gasteiger partial charge in [-0.25, -0.2) is 9.59 Å². The van der Waals surface area contributed by atoms with Crippen LogP contribution in [-0.2, 0) is 11.2 Å². The Hall–Kier alpha value is -5.16. The highest BCUT2D eigenvalue weighted by Gasteiger charge is 2.23. The minimum Gasteiger partial charge on any atom is -0.494 e. The number of carboxylic acids is 1. The van der Waals surface area contributed by atoms with Crippen LogP contribution in [-0.4, -0.2) is 48.6 Å². The van der Waals surface area contributed by atoms with Crippen LogP contribution < -0.4 is 24.8 Å². The van der Waals surface area contributed by atoms with E-state index in [0.29, 0.717) is 34.0 Å². The van der Waals surface area contributed by atoms with E-state index >= 15 is 0 Å². The van der Waals surface area contributed by atoms with Gasteiger partial charge in [0.15, 0.2) is 11.5 Å². The number of thiophene rings is 1. The number of nitrogens with one attached hydrogen (secondary N) is 2. The molecular weight excluding hydrogens is 632 g/mol. The first kappa shape index (κ1) is 35.7. The van der Waals surface area contributed by atoms with E-state index in [0.717, 1.165) is 18.4 Å². The quantitative estimate of drug-likeness (QED) is 0.0603. The zero-order valence-electron chi connectivity index (χ0n) is 27.2. The van der Waals surface area contributed by atoms with Gasteiger partial charge >= 0.3 is 11.9 Å². The Bertz CT molecular complexity index is 1720. The average Bonchev–Trinajstić information content (AvgIpc) is 3.53. The summed E-state index contributed by atoms with van der Waals surface area (Å²) in [5, 5.41) is 17.1. The number of esters is 1. The van der Waals surface area contributed by atoms with Crippen LogP contribution in [0.1, 0.15) is 80.5 Å². The van der Waals surface area contributed by atoms with Gasteiger partial charge in [0.25, 0.3) is 11.8 Å². The van der Waals surface area contributed by atoms with E-state index in [2.05, 4.69) is 17.6 Å². The van der Waals surface area contributed by atoms with E-state index in [1.165, 1.54) is 55.9 Å².